The smallest absolute Gasteiger partial charge is 0.166 e. The Hall–Kier alpha value is -1.29. The van der Waals surface area contributed by atoms with Crippen molar-refractivity contribution in [3.63, 3.8) is 0 Å². The molecule has 0 amide bonds. The quantitative estimate of drug-likeness (QED) is 0.846. The highest BCUT2D eigenvalue weighted by atomic mass is 16.5. The van der Waals surface area contributed by atoms with Crippen LogP contribution in [-0.2, 0) is 11.2 Å². The molecule has 0 fully saturated rings. The van der Waals surface area contributed by atoms with Gasteiger partial charge in [0, 0.05) is 19.2 Å². The molecular weight excluding hydrogens is 252 g/mol. The lowest BCUT2D eigenvalue weighted by molar-refractivity contribution is 0.0228. The first-order valence-corrected chi connectivity index (χ1v) is 7.34. The van der Waals surface area contributed by atoms with Crippen LogP contribution in [0.15, 0.2) is 6.20 Å². The maximum absolute atomic E-state index is 12.1. The Morgan fingerprint density at radius 3 is 2.65 bits per heavy atom. The average molecular weight is 276 g/mol. The fourth-order valence-electron chi connectivity index (χ4n) is 2.73. The van der Waals surface area contributed by atoms with Crippen molar-refractivity contribution in [1.82, 2.24) is 9.97 Å². The summed E-state index contributed by atoms with van der Waals surface area (Å²) in [7, 11) is 0. The van der Waals surface area contributed by atoms with Crippen LogP contribution in [0.2, 0.25) is 0 Å². The molecule has 0 N–H and O–H groups in total. The molecule has 2 rings (SSSR count). The molecule has 1 aromatic heterocycles. The van der Waals surface area contributed by atoms with Gasteiger partial charge in [0.2, 0.25) is 0 Å². The predicted octanol–water partition coefficient (Wildman–Crippen LogP) is 3.37. The molecule has 1 heterocycles. The van der Waals surface area contributed by atoms with Crippen molar-refractivity contribution in [2.24, 2.45) is 11.3 Å². The molecule has 0 radical (unpaired) electrons. The number of rotatable bonds is 4. The normalized spacial score (nSPS) is 19.0. The van der Waals surface area contributed by atoms with E-state index in [9.17, 15) is 4.79 Å². The van der Waals surface area contributed by atoms with Crippen LogP contribution in [0.5, 0.6) is 0 Å². The van der Waals surface area contributed by atoms with E-state index in [-0.39, 0.29) is 17.3 Å². The monoisotopic (exact) mass is 276 g/mol. The van der Waals surface area contributed by atoms with Gasteiger partial charge in [-0.2, -0.15) is 0 Å². The summed E-state index contributed by atoms with van der Waals surface area (Å²) in [6.07, 6.45) is 2.97. The number of hydrogen-bond donors (Lipinski definition) is 0. The number of nitrogens with zero attached hydrogens (tertiary/aromatic N) is 2. The standard InChI is InChI=1S/C16H24N2O2/c1-6-20-14(10(2)3)15-17-9-11-12(18-15)7-16(4,5)8-13(11)19/h9-10,14H,6-8H2,1-5H3. The SMILES string of the molecule is CCOC(c1ncc2c(n1)CC(C)(C)CC2=O)C(C)C. The summed E-state index contributed by atoms with van der Waals surface area (Å²) >= 11 is 0. The fourth-order valence-corrected chi connectivity index (χ4v) is 2.73. The first kappa shape index (κ1) is 15.1. The Morgan fingerprint density at radius 2 is 2.05 bits per heavy atom. The number of aromatic nitrogens is 2. The summed E-state index contributed by atoms with van der Waals surface area (Å²) < 4.78 is 5.75. The predicted molar refractivity (Wildman–Crippen MR) is 77.7 cm³/mol. The van der Waals surface area contributed by atoms with Crippen LogP contribution < -0.4 is 0 Å². The van der Waals surface area contributed by atoms with Crippen molar-refractivity contribution >= 4 is 5.78 Å². The minimum atomic E-state index is -0.106. The Bertz CT molecular complexity index is 509. The third kappa shape index (κ3) is 3.06. The van der Waals surface area contributed by atoms with E-state index in [0.29, 0.717) is 30.3 Å². The van der Waals surface area contributed by atoms with E-state index in [1.165, 1.54) is 0 Å². The Labute approximate surface area is 121 Å². The van der Waals surface area contributed by atoms with Crippen LogP contribution in [0.3, 0.4) is 0 Å². The molecule has 0 spiro atoms. The number of hydrogen-bond acceptors (Lipinski definition) is 4. The first-order chi connectivity index (χ1) is 9.34. The van der Waals surface area contributed by atoms with Crippen LogP contribution in [-0.4, -0.2) is 22.4 Å². The molecule has 0 aromatic carbocycles. The minimum Gasteiger partial charge on any atom is -0.370 e. The molecule has 0 bridgehead atoms. The van der Waals surface area contributed by atoms with E-state index in [1.54, 1.807) is 6.20 Å². The van der Waals surface area contributed by atoms with Crippen LogP contribution in [0, 0.1) is 11.3 Å². The lowest BCUT2D eigenvalue weighted by atomic mass is 9.76. The number of carbonyl (C=O) groups is 1. The fraction of sp³-hybridized carbons (Fsp3) is 0.688. The van der Waals surface area contributed by atoms with Gasteiger partial charge in [-0.25, -0.2) is 9.97 Å². The lowest BCUT2D eigenvalue weighted by Crippen LogP contribution is -2.29. The van der Waals surface area contributed by atoms with Gasteiger partial charge in [-0.15, -0.1) is 0 Å². The molecule has 0 saturated carbocycles. The third-order valence-corrected chi connectivity index (χ3v) is 3.68. The molecule has 0 aliphatic heterocycles. The van der Waals surface area contributed by atoms with Crippen molar-refractivity contribution in [2.45, 2.75) is 53.6 Å². The van der Waals surface area contributed by atoms with Gasteiger partial charge in [-0.1, -0.05) is 27.7 Å². The van der Waals surface area contributed by atoms with E-state index in [4.69, 9.17) is 4.74 Å². The van der Waals surface area contributed by atoms with Crippen LogP contribution in [0.1, 0.15) is 69.0 Å². The summed E-state index contributed by atoms with van der Waals surface area (Å²) in [5.41, 5.74) is 1.54. The minimum absolute atomic E-state index is 0.0192. The molecule has 110 valence electrons. The second kappa shape index (κ2) is 5.60. The zero-order valence-corrected chi connectivity index (χ0v) is 13.1. The van der Waals surface area contributed by atoms with Gasteiger partial charge in [0.15, 0.2) is 11.6 Å². The zero-order valence-electron chi connectivity index (χ0n) is 13.1. The summed E-state index contributed by atoms with van der Waals surface area (Å²) in [5.74, 6) is 1.16. The van der Waals surface area contributed by atoms with Gasteiger partial charge in [0.25, 0.3) is 0 Å². The van der Waals surface area contributed by atoms with Gasteiger partial charge in [-0.05, 0) is 24.7 Å². The molecule has 4 nitrogen and oxygen atoms in total. The van der Waals surface area contributed by atoms with Crippen LogP contribution in [0.4, 0.5) is 0 Å². The molecule has 1 aliphatic rings. The van der Waals surface area contributed by atoms with E-state index in [2.05, 4.69) is 37.7 Å². The second-order valence-electron chi connectivity index (χ2n) is 6.65. The van der Waals surface area contributed by atoms with Gasteiger partial charge < -0.3 is 4.74 Å². The molecule has 4 heteroatoms. The molecular formula is C16H24N2O2. The Morgan fingerprint density at radius 1 is 1.35 bits per heavy atom. The molecule has 1 unspecified atom stereocenters. The van der Waals surface area contributed by atoms with Crippen molar-refractivity contribution in [1.29, 1.82) is 0 Å². The number of carbonyl (C=O) groups excluding carboxylic acids is 1. The molecule has 1 atom stereocenters. The highest BCUT2D eigenvalue weighted by Crippen LogP contribution is 2.34. The topological polar surface area (TPSA) is 52.1 Å². The molecule has 1 aromatic rings. The van der Waals surface area contributed by atoms with Crippen LogP contribution in [0.25, 0.3) is 0 Å². The molecule has 20 heavy (non-hydrogen) atoms. The van der Waals surface area contributed by atoms with Crippen molar-refractivity contribution in [2.75, 3.05) is 6.61 Å². The number of ether oxygens (including phenoxy) is 1. The summed E-state index contributed by atoms with van der Waals surface area (Å²) in [6, 6.07) is 0. The highest BCUT2D eigenvalue weighted by Gasteiger charge is 2.33. The summed E-state index contributed by atoms with van der Waals surface area (Å²) in [6.45, 7) is 11.0. The summed E-state index contributed by atoms with van der Waals surface area (Å²) in [5, 5.41) is 0. The zero-order chi connectivity index (χ0) is 14.9. The van der Waals surface area contributed by atoms with Gasteiger partial charge in [0.05, 0.1) is 11.3 Å². The maximum atomic E-state index is 12.1. The maximum Gasteiger partial charge on any atom is 0.166 e. The number of ketones is 1. The lowest BCUT2D eigenvalue weighted by Gasteiger charge is -2.30. The van der Waals surface area contributed by atoms with Crippen molar-refractivity contribution in [3.8, 4) is 0 Å². The second-order valence-corrected chi connectivity index (χ2v) is 6.65. The highest BCUT2D eigenvalue weighted by molar-refractivity contribution is 5.98. The van der Waals surface area contributed by atoms with E-state index >= 15 is 0 Å². The molecule has 0 saturated heterocycles. The van der Waals surface area contributed by atoms with E-state index in [1.807, 2.05) is 6.92 Å². The third-order valence-electron chi connectivity index (χ3n) is 3.68. The number of Topliss-reactive ketones (excluding diaryl/α,β-unsaturated/α-hetero) is 1. The van der Waals surface area contributed by atoms with Crippen molar-refractivity contribution < 1.29 is 9.53 Å². The van der Waals surface area contributed by atoms with Gasteiger partial charge in [-0.3, -0.25) is 4.79 Å². The Balaban J connectivity index is 2.38. The average Bonchev–Trinajstić information content (AvgIpc) is 2.33. The van der Waals surface area contributed by atoms with E-state index in [0.717, 1.165) is 12.1 Å². The largest absolute Gasteiger partial charge is 0.370 e. The Kier molecular flexibility index (Phi) is 4.23. The molecule has 1 aliphatic carbocycles. The number of fused-ring (bicyclic) bond motifs is 1. The van der Waals surface area contributed by atoms with E-state index < -0.39 is 0 Å². The van der Waals surface area contributed by atoms with Crippen LogP contribution >= 0.6 is 0 Å². The summed E-state index contributed by atoms with van der Waals surface area (Å²) in [4.78, 5) is 21.1. The van der Waals surface area contributed by atoms with Gasteiger partial charge in [0.1, 0.15) is 6.10 Å². The van der Waals surface area contributed by atoms with Crippen molar-refractivity contribution in [3.05, 3.63) is 23.3 Å². The van der Waals surface area contributed by atoms with Gasteiger partial charge >= 0.3 is 0 Å². The first-order valence-electron chi connectivity index (χ1n) is 7.34.